The minimum absolute atomic E-state index is 0.124. The smallest absolute Gasteiger partial charge is 0.259 e. The van der Waals surface area contributed by atoms with Crippen molar-refractivity contribution >= 4 is 22.6 Å². The van der Waals surface area contributed by atoms with Gasteiger partial charge in [-0.25, -0.2) is 9.37 Å². The minimum Gasteiger partial charge on any atom is -0.305 e. The molecule has 0 unspecified atom stereocenters. The molecule has 0 aliphatic heterocycles. The summed E-state index contributed by atoms with van der Waals surface area (Å²) in [5, 5.41) is 17.0. The molecular weight excluding hydrogens is 345 g/mol. The van der Waals surface area contributed by atoms with Gasteiger partial charge in [-0.15, -0.1) is 0 Å². The number of halogens is 1. The number of carbonyl (C=O) groups excluding carboxylic acids is 1. The predicted molar refractivity (Wildman–Crippen MR) is 97.9 cm³/mol. The number of benzene rings is 2. The Morgan fingerprint density at radius 3 is 2.67 bits per heavy atom. The number of fused-ring (bicyclic) bond motifs is 1. The van der Waals surface area contributed by atoms with E-state index in [1.807, 2.05) is 36.4 Å². The van der Waals surface area contributed by atoms with Gasteiger partial charge in [-0.1, -0.05) is 30.3 Å². The van der Waals surface area contributed by atoms with E-state index in [0.717, 1.165) is 10.9 Å². The van der Waals surface area contributed by atoms with Crippen molar-refractivity contribution in [2.75, 3.05) is 5.32 Å². The number of nitrogens with one attached hydrogen (secondary N) is 1. The summed E-state index contributed by atoms with van der Waals surface area (Å²) < 4.78 is 15.2. The van der Waals surface area contributed by atoms with Crippen LogP contribution >= 0.6 is 0 Å². The number of anilines is 1. The van der Waals surface area contributed by atoms with Crippen molar-refractivity contribution in [3.8, 4) is 11.9 Å². The molecule has 0 fully saturated rings. The first kappa shape index (κ1) is 16.4. The molecule has 0 radical (unpaired) electrons. The monoisotopic (exact) mass is 357 g/mol. The van der Waals surface area contributed by atoms with Gasteiger partial charge in [0.25, 0.3) is 5.91 Å². The van der Waals surface area contributed by atoms with E-state index < -0.39 is 11.7 Å². The summed E-state index contributed by atoms with van der Waals surface area (Å²) in [6, 6.07) is 18.7. The van der Waals surface area contributed by atoms with Crippen LogP contribution in [0.1, 0.15) is 15.9 Å². The summed E-state index contributed by atoms with van der Waals surface area (Å²) in [4.78, 5) is 17.0. The third-order valence-corrected chi connectivity index (χ3v) is 4.04. The number of para-hydroxylation sites is 1. The van der Waals surface area contributed by atoms with E-state index in [1.165, 1.54) is 29.1 Å². The molecule has 4 aromatic rings. The maximum Gasteiger partial charge on any atom is 0.259 e. The first-order chi connectivity index (χ1) is 13.2. The van der Waals surface area contributed by atoms with Crippen molar-refractivity contribution in [1.29, 1.82) is 5.26 Å². The zero-order chi connectivity index (χ0) is 18.8. The highest BCUT2D eigenvalue weighted by Crippen LogP contribution is 2.22. The molecule has 0 aliphatic carbocycles. The van der Waals surface area contributed by atoms with E-state index in [2.05, 4.69) is 15.4 Å². The van der Waals surface area contributed by atoms with Crippen LogP contribution in [-0.4, -0.2) is 20.7 Å². The van der Waals surface area contributed by atoms with Crippen molar-refractivity contribution in [3.05, 3.63) is 83.8 Å². The van der Waals surface area contributed by atoms with E-state index in [4.69, 9.17) is 0 Å². The number of amides is 1. The van der Waals surface area contributed by atoms with E-state index in [9.17, 15) is 14.4 Å². The molecule has 0 spiro atoms. The first-order valence-electron chi connectivity index (χ1n) is 8.07. The maximum atomic E-state index is 13.9. The van der Waals surface area contributed by atoms with Gasteiger partial charge in [-0.2, -0.15) is 15.0 Å². The quantitative estimate of drug-likeness (QED) is 0.606. The summed E-state index contributed by atoms with van der Waals surface area (Å²) in [5.74, 6) is -0.761. The number of rotatable bonds is 3. The van der Waals surface area contributed by atoms with E-state index >= 15 is 0 Å². The molecule has 0 atom stereocenters. The first-order valence-corrected chi connectivity index (χ1v) is 8.07. The lowest BCUT2D eigenvalue weighted by Crippen LogP contribution is -2.17. The van der Waals surface area contributed by atoms with Crippen LogP contribution in [-0.2, 0) is 0 Å². The highest BCUT2D eigenvalue weighted by Gasteiger charge is 2.18. The fraction of sp³-hybridized carbons (Fsp3) is 0. The highest BCUT2D eigenvalue weighted by molar-refractivity contribution is 6.04. The van der Waals surface area contributed by atoms with E-state index in [1.54, 1.807) is 12.1 Å². The van der Waals surface area contributed by atoms with Gasteiger partial charge in [-0.3, -0.25) is 4.79 Å². The Bertz CT molecular complexity index is 1210. The second kappa shape index (κ2) is 6.69. The molecule has 0 bridgehead atoms. The van der Waals surface area contributed by atoms with Gasteiger partial charge in [0.2, 0.25) is 0 Å². The summed E-state index contributed by atoms with van der Waals surface area (Å²) in [6.45, 7) is 0. The number of hydrogen-bond donors (Lipinski definition) is 1. The van der Waals surface area contributed by atoms with Crippen LogP contribution in [0.5, 0.6) is 0 Å². The molecule has 6 nitrogen and oxygen atoms in total. The van der Waals surface area contributed by atoms with Crippen LogP contribution in [0.2, 0.25) is 0 Å². The second-order valence-corrected chi connectivity index (χ2v) is 5.73. The van der Waals surface area contributed by atoms with E-state index in [-0.39, 0.29) is 16.9 Å². The minimum atomic E-state index is -0.674. The van der Waals surface area contributed by atoms with Gasteiger partial charge in [0.1, 0.15) is 17.4 Å². The van der Waals surface area contributed by atoms with Crippen LogP contribution in [0, 0.1) is 17.1 Å². The summed E-state index contributed by atoms with van der Waals surface area (Å²) in [7, 11) is 0. The summed E-state index contributed by atoms with van der Waals surface area (Å²) in [5.41, 5.74) is 0.769. The molecular formula is C20H12FN5O. The van der Waals surface area contributed by atoms with Crippen LogP contribution in [0.3, 0.4) is 0 Å². The zero-order valence-electron chi connectivity index (χ0n) is 13.9. The predicted octanol–water partition coefficient (Wildman–Crippen LogP) is 3.68. The number of carbonyl (C=O) groups is 1. The van der Waals surface area contributed by atoms with Crippen molar-refractivity contribution in [2.45, 2.75) is 0 Å². The molecule has 0 aliphatic rings. The lowest BCUT2D eigenvalue weighted by atomic mass is 10.2. The Balaban J connectivity index is 1.77. The van der Waals surface area contributed by atoms with Crippen LogP contribution in [0.25, 0.3) is 16.7 Å². The Hall–Kier alpha value is -4.05. The Morgan fingerprint density at radius 1 is 1.07 bits per heavy atom. The van der Waals surface area contributed by atoms with Gasteiger partial charge in [0.15, 0.2) is 11.6 Å². The lowest BCUT2D eigenvalue weighted by molar-refractivity contribution is 0.102. The molecule has 0 saturated heterocycles. The molecule has 1 amide bonds. The van der Waals surface area contributed by atoms with Crippen molar-refractivity contribution in [1.82, 2.24) is 14.8 Å². The number of nitrogens with zero attached hydrogens (tertiary/aromatic N) is 4. The summed E-state index contributed by atoms with van der Waals surface area (Å²) >= 11 is 0. The van der Waals surface area contributed by atoms with Crippen molar-refractivity contribution in [2.24, 2.45) is 0 Å². The van der Waals surface area contributed by atoms with Gasteiger partial charge < -0.3 is 5.32 Å². The Morgan fingerprint density at radius 2 is 1.85 bits per heavy atom. The zero-order valence-corrected chi connectivity index (χ0v) is 13.9. The normalized spacial score (nSPS) is 10.5. The SMILES string of the molecule is N#Cc1cnn(-c2ccc3ccccc3n2)c1NC(=O)c1ccccc1F. The fourth-order valence-electron chi connectivity index (χ4n) is 2.72. The number of nitriles is 1. The molecule has 130 valence electrons. The summed E-state index contributed by atoms with van der Waals surface area (Å²) in [6.07, 6.45) is 1.33. The molecule has 27 heavy (non-hydrogen) atoms. The molecule has 2 aromatic heterocycles. The standard InChI is InChI=1S/C20H12FN5O/c21-16-7-3-2-6-15(16)20(27)25-19-14(11-22)12-23-26(19)18-10-9-13-5-1-4-8-17(13)24-18/h1-10,12H,(H,25,27). The molecule has 0 saturated carbocycles. The molecule has 1 N–H and O–H groups in total. The highest BCUT2D eigenvalue weighted by atomic mass is 19.1. The fourth-order valence-corrected chi connectivity index (χ4v) is 2.72. The molecule has 2 heterocycles. The number of pyridine rings is 1. The van der Waals surface area contributed by atoms with E-state index in [0.29, 0.717) is 5.82 Å². The third kappa shape index (κ3) is 3.00. The number of aromatic nitrogens is 3. The largest absolute Gasteiger partial charge is 0.305 e. The van der Waals surface area contributed by atoms with Gasteiger partial charge >= 0.3 is 0 Å². The van der Waals surface area contributed by atoms with Crippen LogP contribution in [0.15, 0.2) is 66.9 Å². The Kier molecular flexibility index (Phi) is 4.07. The van der Waals surface area contributed by atoms with Crippen molar-refractivity contribution in [3.63, 3.8) is 0 Å². The topological polar surface area (TPSA) is 83.6 Å². The van der Waals surface area contributed by atoms with Crippen molar-refractivity contribution < 1.29 is 9.18 Å². The molecule has 2 aromatic carbocycles. The van der Waals surface area contributed by atoms with Crippen LogP contribution in [0.4, 0.5) is 10.2 Å². The van der Waals surface area contributed by atoms with Gasteiger partial charge in [-0.05, 0) is 30.3 Å². The molecule has 4 rings (SSSR count). The Labute approximate surface area is 153 Å². The average molecular weight is 357 g/mol. The average Bonchev–Trinajstić information content (AvgIpc) is 3.10. The van der Waals surface area contributed by atoms with Crippen LogP contribution < -0.4 is 5.32 Å². The third-order valence-electron chi connectivity index (χ3n) is 4.04. The van der Waals surface area contributed by atoms with Gasteiger partial charge in [0.05, 0.1) is 17.3 Å². The maximum absolute atomic E-state index is 13.9. The molecule has 7 heteroatoms. The number of hydrogen-bond acceptors (Lipinski definition) is 4. The van der Waals surface area contributed by atoms with Gasteiger partial charge in [0, 0.05) is 5.39 Å². The second-order valence-electron chi connectivity index (χ2n) is 5.73. The lowest BCUT2D eigenvalue weighted by Gasteiger charge is -2.10.